The maximum absolute atomic E-state index is 12.1. The molecule has 0 atom stereocenters. The Balaban J connectivity index is 2.25. The lowest BCUT2D eigenvalue weighted by atomic mass is 10.0. The molecule has 0 saturated carbocycles. The number of carbonyl (C=O) groups excluding carboxylic acids is 2. The molecule has 0 aliphatic rings. The monoisotopic (exact) mass is 318 g/mol. The quantitative estimate of drug-likeness (QED) is 0.746. The number of carbonyl (C=O) groups is 2. The molecule has 7 heteroatoms. The molecule has 7 nitrogen and oxygen atoms in total. The van der Waals surface area contributed by atoms with Crippen LogP contribution in [0.1, 0.15) is 17.5 Å². The molecule has 0 bridgehead atoms. The molecule has 2 aromatic rings. The molecule has 0 aliphatic carbocycles. The molecule has 0 unspecified atom stereocenters. The van der Waals surface area contributed by atoms with Gasteiger partial charge in [-0.3, -0.25) is 4.79 Å². The van der Waals surface area contributed by atoms with E-state index in [9.17, 15) is 19.5 Å². The Bertz CT molecular complexity index is 808. The van der Waals surface area contributed by atoms with Crippen LogP contribution in [-0.2, 0) is 16.0 Å². The number of hydrogen-bond donors (Lipinski definition) is 1. The molecule has 23 heavy (non-hydrogen) atoms. The summed E-state index contributed by atoms with van der Waals surface area (Å²) in [6.07, 6.45) is -0.458. The smallest absolute Gasteiger partial charge is 0.340 e. The van der Waals surface area contributed by atoms with Gasteiger partial charge in [0, 0.05) is 30.4 Å². The molecule has 1 amide bonds. The van der Waals surface area contributed by atoms with Crippen molar-refractivity contribution in [2.24, 2.45) is 0 Å². The summed E-state index contributed by atoms with van der Waals surface area (Å²) < 4.78 is 10.3. The fourth-order valence-corrected chi connectivity index (χ4v) is 2.23. The summed E-state index contributed by atoms with van der Waals surface area (Å²) in [7, 11) is 1.51. The molecular weight excluding hydrogens is 302 g/mol. The van der Waals surface area contributed by atoms with E-state index in [2.05, 4.69) is 5.32 Å². The van der Waals surface area contributed by atoms with Crippen LogP contribution in [0.2, 0.25) is 0 Å². The summed E-state index contributed by atoms with van der Waals surface area (Å²) in [6, 6.07) is 5.09. The van der Waals surface area contributed by atoms with Crippen molar-refractivity contribution in [1.29, 1.82) is 0 Å². The van der Waals surface area contributed by atoms with Gasteiger partial charge in [-0.15, -0.1) is 0 Å². The van der Waals surface area contributed by atoms with Crippen LogP contribution in [0.4, 0.5) is 0 Å². The molecular formula is C16H16NO6-. The van der Waals surface area contributed by atoms with Gasteiger partial charge in [0.05, 0.1) is 19.1 Å². The minimum atomic E-state index is -1.25. The van der Waals surface area contributed by atoms with E-state index in [-0.39, 0.29) is 24.9 Å². The van der Waals surface area contributed by atoms with Crippen molar-refractivity contribution in [3.05, 3.63) is 39.7 Å². The SMILES string of the molecule is COc1ccc2c(C)c(CC(=O)NCCC(=O)[O-])c(=O)oc2c1. The van der Waals surface area contributed by atoms with Crippen LogP contribution in [0.25, 0.3) is 11.0 Å². The van der Waals surface area contributed by atoms with Crippen molar-refractivity contribution in [1.82, 2.24) is 5.32 Å². The maximum Gasteiger partial charge on any atom is 0.340 e. The van der Waals surface area contributed by atoms with Gasteiger partial charge in [-0.1, -0.05) is 0 Å². The average molecular weight is 318 g/mol. The number of fused-ring (bicyclic) bond motifs is 1. The average Bonchev–Trinajstić information content (AvgIpc) is 2.50. The highest BCUT2D eigenvalue weighted by molar-refractivity contribution is 5.85. The Kier molecular flexibility index (Phi) is 5.00. The van der Waals surface area contributed by atoms with Crippen LogP contribution in [0.3, 0.4) is 0 Å². The minimum absolute atomic E-state index is 0.0453. The molecule has 0 radical (unpaired) electrons. The van der Waals surface area contributed by atoms with E-state index in [1.54, 1.807) is 25.1 Å². The van der Waals surface area contributed by atoms with Gasteiger partial charge < -0.3 is 24.4 Å². The third-order valence-electron chi connectivity index (χ3n) is 3.48. The van der Waals surface area contributed by atoms with Crippen molar-refractivity contribution in [3.8, 4) is 5.75 Å². The number of carboxylic acid groups (broad SMARTS) is 1. The van der Waals surface area contributed by atoms with Crippen LogP contribution in [-0.4, -0.2) is 25.5 Å². The van der Waals surface area contributed by atoms with Gasteiger partial charge in [0.1, 0.15) is 11.3 Å². The van der Waals surface area contributed by atoms with Crippen molar-refractivity contribution >= 4 is 22.8 Å². The van der Waals surface area contributed by atoms with E-state index in [1.807, 2.05) is 0 Å². The van der Waals surface area contributed by atoms with Crippen molar-refractivity contribution in [2.45, 2.75) is 19.8 Å². The number of methoxy groups -OCH3 is 1. The first-order chi connectivity index (χ1) is 10.9. The summed E-state index contributed by atoms with van der Waals surface area (Å²) in [5.41, 5.74) is 0.675. The molecule has 122 valence electrons. The summed E-state index contributed by atoms with van der Waals surface area (Å²) in [6.45, 7) is 1.69. The number of ether oxygens (including phenoxy) is 1. The Morgan fingerprint density at radius 1 is 1.35 bits per heavy atom. The molecule has 1 aromatic heterocycles. The van der Waals surface area contributed by atoms with Gasteiger partial charge in [-0.2, -0.15) is 0 Å². The van der Waals surface area contributed by atoms with Gasteiger partial charge in [0.2, 0.25) is 5.91 Å². The summed E-state index contributed by atoms with van der Waals surface area (Å²) >= 11 is 0. The van der Waals surface area contributed by atoms with Crippen LogP contribution >= 0.6 is 0 Å². The van der Waals surface area contributed by atoms with E-state index >= 15 is 0 Å². The molecule has 0 aliphatic heterocycles. The lowest BCUT2D eigenvalue weighted by Gasteiger charge is -2.09. The van der Waals surface area contributed by atoms with Gasteiger partial charge >= 0.3 is 5.63 Å². The van der Waals surface area contributed by atoms with E-state index in [1.165, 1.54) is 7.11 Å². The first-order valence-electron chi connectivity index (χ1n) is 6.99. The fourth-order valence-electron chi connectivity index (χ4n) is 2.23. The Hall–Kier alpha value is -2.83. The number of aryl methyl sites for hydroxylation is 1. The second-order valence-electron chi connectivity index (χ2n) is 5.00. The zero-order valence-electron chi connectivity index (χ0n) is 12.8. The van der Waals surface area contributed by atoms with Crippen LogP contribution in [0.15, 0.2) is 27.4 Å². The summed E-state index contributed by atoms with van der Waals surface area (Å²) in [4.78, 5) is 34.2. The third-order valence-corrected chi connectivity index (χ3v) is 3.48. The van der Waals surface area contributed by atoms with E-state index in [4.69, 9.17) is 9.15 Å². The highest BCUT2D eigenvalue weighted by Gasteiger charge is 2.15. The molecule has 1 N–H and O–H groups in total. The second kappa shape index (κ2) is 6.95. The Morgan fingerprint density at radius 3 is 2.74 bits per heavy atom. The predicted molar refractivity (Wildman–Crippen MR) is 80.1 cm³/mol. The van der Waals surface area contributed by atoms with Crippen molar-refractivity contribution in [3.63, 3.8) is 0 Å². The van der Waals surface area contributed by atoms with Gasteiger partial charge in [-0.25, -0.2) is 4.79 Å². The lowest BCUT2D eigenvalue weighted by molar-refractivity contribution is -0.305. The number of aliphatic carboxylic acids is 1. The maximum atomic E-state index is 12.1. The third kappa shape index (κ3) is 3.88. The Morgan fingerprint density at radius 2 is 2.09 bits per heavy atom. The topological polar surface area (TPSA) is 109 Å². The zero-order chi connectivity index (χ0) is 17.0. The highest BCUT2D eigenvalue weighted by atomic mass is 16.5. The normalized spacial score (nSPS) is 10.5. The van der Waals surface area contributed by atoms with Crippen LogP contribution in [0, 0.1) is 6.92 Å². The van der Waals surface area contributed by atoms with Gasteiger partial charge in [0.25, 0.3) is 0 Å². The lowest BCUT2D eigenvalue weighted by Crippen LogP contribution is -2.32. The Labute approximate surface area is 131 Å². The summed E-state index contributed by atoms with van der Waals surface area (Å²) in [5, 5.41) is 13.4. The standard InChI is InChI=1S/C16H17NO6/c1-9-11-4-3-10(22-2)7-13(11)23-16(21)12(9)8-14(18)17-6-5-15(19)20/h3-4,7H,5-6,8H2,1-2H3,(H,17,18)(H,19,20)/p-1. The van der Waals surface area contributed by atoms with Crippen LogP contribution in [0.5, 0.6) is 5.75 Å². The summed E-state index contributed by atoms with van der Waals surface area (Å²) in [5.74, 6) is -1.14. The number of amides is 1. The van der Waals surface area contributed by atoms with Crippen LogP contribution < -0.4 is 20.8 Å². The zero-order valence-corrected chi connectivity index (χ0v) is 12.8. The number of carboxylic acids is 1. The van der Waals surface area contributed by atoms with Crippen molar-refractivity contribution in [2.75, 3.05) is 13.7 Å². The number of rotatable bonds is 6. The van der Waals surface area contributed by atoms with Gasteiger partial charge in [-0.05, 0) is 24.6 Å². The highest BCUT2D eigenvalue weighted by Crippen LogP contribution is 2.24. The number of nitrogens with one attached hydrogen (secondary N) is 1. The molecule has 0 saturated heterocycles. The van der Waals surface area contributed by atoms with E-state index in [0.717, 1.165) is 0 Å². The van der Waals surface area contributed by atoms with Gasteiger partial charge in [0.15, 0.2) is 0 Å². The molecule has 2 rings (SSSR count). The second-order valence-corrected chi connectivity index (χ2v) is 5.00. The molecule has 1 aromatic carbocycles. The largest absolute Gasteiger partial charge is 0.550 e. The predicted octanol–water partition coefficient (Wildman–Crippen LogP) is -0.0913. The van der Waals surface area contributed by atoms with E-state index < -0.39 is 17.5 Å². The fraction of sp³-hybridized carbons (Fsp3) is 0.312. The molecule has 0 spiro atoms. The van der Waals surface area contributed by atoms with E-state index in [0.29, 0.717) is 22.3 Å². The first-order valence-corrected chi connectivity index (χ1v) is 6.99. The molecule has 1 heterocycles. The number of hydrogen-bond acceptors (Lipinski definition) is 6. The molecule has 0 fully saturated rings. The minimum Gasteiger partial charge on any atom is -0.550 e. The first kappa shape index (κ1) is 16.5. The number of benzene rings is 1. The van der Waals surface area contributed by atoms with Crippen molar-refractivity contribution < 1.29 is 23.8 Å².